The molecule has 3 aliphatic heterocycles. The summed E-state index contributed by atoms with van der Waals surface area (Å²) in [4.78, 5) is 2.60. The molecule has 3 aliphatic rings. The second-order valence-corrected chi connectivity index (χ2v) is 7.08. The van der Waals surface area contributed by atoms with Crippen molar-refractivity contribution in [2.45, 2.75) is 31.8 Å². The van der Waals surface area contributed by atoms with Crippen LogP contribution in [0.5, 0.6) is 23.0 Å². The van der Waals surface area contributed by atoms with E-state index in [1.165, 1.54) is 22.3 Å². The largest absolute Gasteiger partial charge is 0.493 e. The predicted octanol–water partition coefficient (Wildman–Crippen LogP) is 3.65. The van der Waals surface area contributed by atoms with Crippen molar-refractivity contribution >= 4 is 0 Å². The van der Waals surface area contributed by atoms with Crippen molar-refractivity contribution in [1.82, 2.24) is 4.90 Å². The molecule has 26 heavy (non-hydrogen) atoms. The zero-order valence-corrected chi connectivity index (χ0v) is 15.4. The highest BCUT2D eigenvalue weighted by molar-refractivity contribution is 5.56. The van der Waals surface area contributed by atoms with Crippen molar-refractivity contribution in [3.63, 3.8) is 0 Å². The second-order valence-electron chi connectivity index (χ2n) is 7.08. The smallest absolute Gasteiger partial charge is 0.231 e. The predicted molar refractivity (Wildman–Crippen MR) is 97.4 cm³/mol. The molecule has 2 aromatic rings. The Morgan fingerprint density at radius 1 is 0.885 bits per heavy atom. The second kappa shape index (κ2) is 5.81. The fourth-order valence-corrected chi connectivity index (χ4v) is 4.80. The molecule has 5 nitrogen and oxygen atoms in total. The van der Waals surface area contributed by atoms with E-state index in [-0.39, 0.29) is 0 Å². The van der Waals surface area contributed by atoms with Crippen LogP contribution in [0, 0.1) is 0 Å². The first-order chi connectivity index (χ1) is 12.7. The maximum atomic E-state index is 5.63. The van der Waals surface area contributed by atoms with E-state index in [1.807, 2.05) is 0 Å². The molecule has 0 saturated heterocycles. The number of methoxy groups -OCH3 is 2. The van der Waals surface area contributed by atoms with Gasteiger partial charge >= 0.3 is 0 Å². The molecular weight excluding hydrogens is 330 g/mol. The molecule has 2 unspecified atom stereocenters. The van der Waals surface area contributed by atoms with Gasteiger partial charge in [-0.15, -0.1) is 0 Å². The van der Waals surface area contributed by atoms with Crippen LogP contribution in [0.2, 0.25) is 0 Å². The molecule has 0 amide bonds. The maximum Gasteiger partial charge on any atom is 0.231 e. The van der Waals surface area contributed by atoms with E-state index >= 15 is 0 Å². The van der Waals surface area contributed by atoms with Crippen LogP contribution in [0.15, 0.2) is 24.3 Å². The Morgan fingerprint density at radius 2 is 1.46 bits per heavy atom. The van der Waals surface area contributed by atoms with Crippen molar-refractivity contribution in [1.29, 1.82) is 0 Å². The summed E-state index contributed by atoms with van der Waals surface area (Å²) in [5, 5.41) is 0. The maximum absolute atomic E-state index is 5.63. The van der Waals surface area contributed by atoms with E-state index in [1.54, 1.807) is 14.2 Å². The van der Waals surface area contributed by atoms with Crippen molar-refractivity contribution in [2.75, 3.05) is 27.6 Å². The molecule has 0 fully saturated rings. The van der Waals surface area contributed by atoms with Gasteiger partial charge in [0.1, 0.15) is 0 Å². The van der Waals surface area contributed by atoms with Crippen LogP contribution in [0.1, 0.15) is 41.3 Å². The van der Waals surface area contributed by atoms with E-state index in [4.69, 9.17) is 18.9 Å². The number of ether oxygens (including phenoxy) is 4. The van der Waals surface area contributed by atoms with E-state index in [2.05, 4.69) is 36.1 Å². The number of fused-ring (bicyclic) bond motifs is 7. The van der Waals surface area contributed by atoms with Crippen LogP contribution in [-0.4, -0.2) is 32.5 Å². The minimum Gasteiger partial charge on any atom is -0.493 e. The monoisotopic (exact) mass is 353 g/mol. The lowest BCUT2D eigenvalue weighted by atomic mass is 9.76. The fourth-order valence-electron chi connectivity index (χ4n) is 4.80. The third kappa shape index (κ3) is 2.13. The summed E-state index contributed by atoms with van der Waals surface area (Å²) in [6, 6.07) is 9.38. The van der Waals surface area contributed by atoms with Gasteiger partial charge in [-0.3, -0.25) is 4.90 Å². The van der Waals surface area contributed by atoms with Crippen molar-refractivity contribution in [3.8, 4) is 23.0 Å². The zero-order chi connectivity index (χ0) is 17.8. The van der Waals surface area contributed by atoms with Crippen LogP contribution in [0.3, 0.4) is 0 Å². The number of rotatable bonds is 3. The first-order valence-electron chi connectivity index (χ1n) is 9.16. The van der Waals surface area contributed by atoms with Crippen LogP contribution in [0.25, 0.3) is 0 Å². The Labute approximate surface area is 153 Å². The zero-order valence-electron chi connectivity index (χ0n) is 15.4. The molecule has 5 heteroatoms. The SMILES string of the molecule is CCN1C2Cc3cc4c(cc3C1Cc1cc(OC)c(OC)cc12)OCO4. The molecule has 0 radical (unpaired) electrons. The molecule has 2 aromatic carbocycles. The molecule has 0 N–H and O–H groups in total. The van der Waals surface area contributed by atoms with Crippen LogP contribution < -0.4 is 18.9 Å². The van der Waals surface area contributed by atoms with E-state index in [0.29, 0.717) is 18.9 Å². The van der Waals surface area contributed by atoms with Gasteiger partial charge in [0, 0.05) is 12.1 Å². The molecular formula is C21H23NO4. The molecule has 136 valence electrons. The van der Waals surface area contributed by atoms with Crippen molar-refractivity contribution < 1.29 is 18.9 Å². The third-order valence-electron chi connectivity index (χ3n) is 5.99. The molecule has 2 atom stereocenters. The summed E-state index contributed by atoms with van der Waals surface area (Å²) >= 11 is 0. The van der Waals surface area contributed by atoms with Crippen molar-refractivity contribution in [3.05, 3.63) is 46.5 Å². The normalized spacial score (nSPS) is 22.6. The number of hydrogen-bond donors (Lipinski definition) is 0. The summed E-state index contributed by atoms with van der Waals surface area (Å²) in [6.45, 7) is 3.57. The number of benzene rings is 2. The molecule has 0 spiro atoms. The van der Waals surface area contributed by atoms with E-state index in [0.717, 1.165) is 42.4 Å². The highest BCUT2D eigenvalue weighted by Crippen LogP contribution is 2.51. The summed E-state index contributed by atoms with van der Waals surface area (Å²) in [7, 11) is 3.40. The minimum absolute atomic E-state index is 0.318. The fraction of sp³-hybridized carbons (Fsp3) is 0.429. The van der Waals surface area contributed by atoms with Gasteiger partial charge in [0.15, 0.2) is 23.0 Å². The average Bonchev–Trinajstić information content (AvgIpc) is 3.12. The van der Waals surface area contributed by atoms with Crippen LogP contribution in [0.4, 0.5) is 0 Å². The van der Waals surface area contributed by atoms with E-state index in [9.17, 15) is 0 Å². The lowest BCUT2D eigenvalue weighted by Gasteiger charge is -2.47. The number of hydrogen-bond acceptors (Lipinski definition) is 5. The van der Waals surface area contributed by atoms with Gasteiger partial charge in [0.25, 0.3) is 0 Å². The summed E-state index contributed by atoms with van der Waals surface area (Å²) in [5.74, 6) is 3.35. The van der Waals surface area contributed by atoms with Gasteiger partial charge < -0.3 is 18.9 Å². The van der Waals surface area contributed by atoms with Crippen molar-refractivity contribution in [2.24, 2.45) is 0 Å². The Kier molecular flexibility index (Phi) is 3.54. The Hall–Kier alpha value is -2.40. The lowest BCUT2D eigenvalue weighted by Crippen LogP contribution is -2.42. The van der Waals surface area contributed by atoms with Crippen LogP contribution >= 0.6 is 0 Å². The topological polar surface area (TPSA) is 40.2 Å². The summed E-state index contributed by atoms with van der Waals surface area (Å²) in [6.07, 6.45) is 1.94. The molecule has 3 heterocycles. The first-order valence-corrected chi connectivity index (χ1v) is 9.16. The standard InChI is InChI=1S/C21H23NO4/c1-4-22-16-6-13-8-20-21(26-11-25-20)10-15(13)17(22)5-12-7-18(23-2)19(24-3)9-14(12)16/h7-10,16-17H,4-6,11H2,1-3H3. The lowest BCUT2D eigenvalue weighted by molar-refractivity contribution is 0.108. The number of nitrogens with zero attached hydrogens (tertiary/aromatic N) is 1. The molecule has 0 aliphatic carbocycles. The highest BCUT2D eigenvalue weighted by atomic mass is 16.7. The highest BCUT2D eigenvalue weighted by Gasteiger charge is 2.41. The first kappa shape index (κ1) is 15.8. The molecule has 5 rings (SSSR count). The summed E-state index contributed by atoms with van der Waals surface area (Å²) < 4.78 is 22.3. The Balaban J connectivity index is 1.65. The van der Waals surface area contributed by atoms with Gasteiger partial charge in [-0.2, -0.15) is 0 Å². The van der Waals surface area contributed by atoms with Gasteiger partial charge in [-0.1, -0.05) is 6.92 Å². The van der Waals surface area contributed by atoms with Gasteiger partial charge in [-0.05, 0) is 65.9 Å². The Morgan fingerprint density at radius 3 is 2.12 bits per heavy atom. The average molecular weight is 353 g/mol. The molecule has 2 bridgehead atoms. The van der Waals surface area contributed by atoms with Crippen LogP contribution in [-0.2, 0) is 12.8 Å². The Bertz CT molecular complexity index is 879. The van der Waals surface area contributed by atoms with Gasteiger partial charge in [0.05, 0.1) is 14.2 Å². The minimum atomic E-state index is 0.318. The molecule has 0 aromatic heterocycles. The number of likely N-dealkylation sites (N-methyl/N-ethyl adjacent to an activating group) is 1. The third-order valence-corrected chi connectivity index (χ3v) is 5.99. The molecule has 0 saturated carbocycles. The summed E-state index contributed by atoms with van der Waals surface area (Å²) in [5.41, 5.74) is 5.44. The van der Waals surface area contributed by atoms with Gasteiger partial charge in [-0.25, -0.2) is 0 Å². The van der Waals surface area contributed by atoms with Gasteiger partial charge in [0.2, 0.25) is 6.79 Å². The van der Waals surface area contributed by atoms with E-state index < -0.39 is 0 Å². The quantitative estimate of drug-likeness (QED) is 0.842.